The lowest BCUT2D eigenvalue weighted by Crippen LogP contribution is -2.39. The molecule has 1 unspecified atom stereocenters. The Balaban J connectivity index is 1.99. The van der Waals surface area contributed by atoms with Crippen LogP contribution in [0.25, 0.3) is 0 Å². The number of aryl methyl sites for hydroxylation is 1. The van der Waals surface area contributed by atoms with E-state index < -0.39 is 0 Å². The van der Waals surface area contributed by atoms with Crippen LogP contribution in [0.2, 0.25) is 0 Å². The van der Waals surface area contributed by atoms with Crippen LogP contribution in [0.5, 0.6) is 0 Å². The van der Waals surface area contributed by atoms with Crippen LogP contribution in [0.4, 0.5) is 5.82 Å². The molecule has 1 atom stereocenters. The minimum atomic E-state index is -0.0803. The van der Waals surface area contributed by atoms with E-state index in [9.17, 15) is 4.79 Å². The van der Waals surface area contributed by atoms with Gasteiger partial charge in [-0.25, -0.2) is 9.97 Å². The van der Waals surface area contributed by atoms with Gasteiger partial charge in [-0.2, -0.15) is 0 Å². The number of nitrogens with zero attached hydrogens (tertiary/aromatic N) is 3. The molecule has 0 bridgehead atoms. The maximum atomic E-state index is 11.9. The van der Waals surface area contributed by atoms with Crippen molar-refractivity contribution in [1.82, 2.24) is 14.9 Å². The summed E-state index contributed by atoms with van der Waals surface area (Å²) in [4.78, 5) is 23.0. The van der Waals surface area contributed by atoms with Crippen molar-refractivity contribution in [1.29, 1.82) is 0 Å². The highest BCUT2D eigenvalue weighted by atomic mass is 16.5. The third-order valence-corrected chi connectivity index (χ3v) is 3.65. The van der Waals surface area contributed by atoms with Crippen LogP contribution >= 0.6 is 0 Å². The minimum Gasteiger partial charge on any atom is -0.466 e. The molecular weight excluding hydrogens is 268 g/mol. The van der Waals surface area contributed by atoms with Crippen molar-refractivity contribution < 1.29 is 9.53 Å². The molecule has 116 valence electrons. The second kappa shape index (κ2) is 7.36. The number of aromatic nitrogens is 2. The van der Waals surface area contributed by atoms with E-state index in [1.165, 1.54) is 0 Å². The zero-order valence-corrected chi connectivity index (χ0v) is 13.1. The van der Waals surface area contributed by atoms with Gasteiger partial charge in [-0.1, -0.05) is 0 Å². The maximum Gasteiger partial charge on any atom is 0.310 e. The summed E-state index contributed by atoms with van der Waals surface area (Å²) in [6.45, 7) is 6.63. The molecular formula is C15H24N4O2. The Bertz CT molecular complexity index is 493. The number of esters is 1. The lowest BCUT2D eigenvalue weighted by Gasteiger charge is -2.30. The van der Waals surface area contributed by atoms with Crippen molar-refractivity contribution in [3.8, 4) is 0 Å². The van der Waals surface area contributed by atoms with Crippen molar-refractivity contribution in [3.05, 3.63) is 17.6 Å². The van der Waals surface area contributed by atoms with Gasteiger partial charge in [0.1, 0.15) is 11.6 Å². The third kappa shape index (κ3) is 4.39. The van der Waals surface area contributed by atoms with Crippen LogP contribution in [0.3, 0.4) is 0 Å². The fraction of sp³-hybridized carbons (Fsp3) is 0.667. The first-order valence-electron chi connectivity index (χ1n) is 7.53. The number of carbonyl (C=O) groups is 1. The minimum absolute atomic E-state index is 0.0210. The predicted molar refractivity (Wildman–Crippen MR) is 80.9 cm³/mol. The quantitative estimate of drug-likeness (QED) is 0.832. The van der Waals surface area contributed by atoms with Gasteiger partial charge in [0, 0.05) is 25.4 Å². The summed E-state index contributed by atoms with van der Waals surface area (Å²) in [6.07, 6.45) is 1.92. The lowest BCUT2D eigenvalue weighted by molar-refractivity contribution is -0.150. The molecule has 1 aliphatic heterocycles. The molecule has 0 aliphatic carbocycles. The van der Waals surface area contributed by atoms with Gasteiger partial charge in [0.2, 0.25) is 0 Å². The molecule has 0 amide bonds. The number of rotatable bonds is 5. The Morgan fingerprint density at radius 1 is 1.52 bits per heavy atom. The lowest BCUT2D eigenvalue weighted by atomic mass is 9.98. The molecule has 0 saturated carbocycles. The molecule has 21 heavy (non-hydrogen) atoms. The van der Waals surface area contributed by atoms with Gasteiger partial charge in [-0.05, 0) is 33.2 Å². The topological polar surface area (TPSA) is 67.3 Å². The van der Waals surface area contributed by atoms with E-state index in [1.54, 1.807) is 0 Å². The van der Waals surface area contributed by atoms with E-state index in [0.717, 1.165) is 43.3 Å². The van der Waals surface area contributed by atoms with E-state index in [4.69, 9.17) is 4.74 Å². The normalized spacial score (nSPS) is 19.3. The Morgan fingerprint density at radius 3 is 3.05 bits per heavy atom. The average Bonchev–Trinajstić information content (AvgIpc) is 2.47. The summed E-state index contributed by atoms with van der Waals surface area (Å²) >= 11 is 0. The predicted octanol–water partition coefficient (Wildman–Crippen LogP) is 1.60. The van der Waals surface area contributed by atoms with Crippen LogP contribution in [0, 0.1) is 12.8 Å². The molecule has 0 radical (unpaired) electrons. The van der Waals surface area contributed by atoms with E-state index in [1.807, 2.05) is 27.0 Å². The van der Waals surface area contributed by atoms with Crippen LogP contribution in [-0.2, 0) is 16.1 Å². The second-order valence-corrected chi connectivity index (χ2v) is 5.39. The number of anilines is 1. The highest BCUT2D eigenvalue weighted by molar-refractivity contribution is 5.72. The van der Waals surface area contributed by atoms with Crippen LogP contribution in [0.15, 0.2) is 6.07 Å². The summed E-state index contributed by atoms with van der Waals surface area (Å²) in [5.41, 5.74) is 0.948. The fourth-order valence-corrected chi connectivity index (χ4v) is 2.68. The number of hydrogen-bond acceptors (Lipinski definition) is 6. The maximum absolute atomic E-state index is 11.9. The molecule has 1 saturated heterocycles. The molecule has 0 spiro atoms. The molecule has 1 fully saturated rings. The standard InChI is InChI=1S/C15H24N4O2/c1-4-21-15(20)12-6-5-7-19(9-12)10-14-17-11(2)8-13(16-3)18-14/h8,12H,4-7,9-10H2,1-3H3,(H,16,17,18). The zero-order valence-electron chi connectivity index (χ0n) is 13.1. The first-order chi connectivity index (χ1) is 10.1. The monoisotopic (exact) mass is 292 g/mol. The number of ether oxygens (including phenoxy) is 1. The Labute approximate surface area is 125 Å². The molecule has 1 aliphatic rings. The van der Waals surface area contributed by atoms with Gasteiger partial charge in [0.05, 0.1) is 19.1 Å². The molecule has 1 N–H and O–H groups in total. The summed E-state index contributed by atoms with van der Waals surface area (Å²) in [7, 11) is 1.85. The number of nitrogens with one attached hydrogen (secondary N) is 1. The van der Waals surface area contributed by atoms with Gasteiger partial charge < -0.3 is 10.1 Å². The van der Waals surface area contributed by atoms with E-state index >= 15 is 0 Å². The van der Waals surface area contributed by atoms with Gasteiger partial charge in [-0.3, -0.25) is 9.69 Å². The Morgan fingerprint density at radius 2 is 2.33 bits per heavy atom. The molecule has 1 aromatic rings. The molecule has 1 aromatic heterocycles. The fourth-order valence-electron chi connectivity index (χ4n) is 2.68. The van der Waals surface area contributed by atoms with Crippen molar-refractivity contribution >= 4 is 11.8 Å². The first kappa shape index (κ1) is 15.7. The zero-order chi connectivity index (χ0) is 15.2. The number of hydrogen-bond donors (Lipinski definition) is 1. The molecule has 6 nitrogen and oxygen atoms in total. The summed E-state index contributed by atoms with van der Waals surface area (Å²) in [6, 6.07) is 1.92. The first-order valence-corrected chi connectivity index (χ1v) is 7.53. The summed E-state index contributed by atoms with van der Waals surface area (Å²) in [5.74, 6) is 1.52. The molecule has 6 heteroatoms. The molecule has 2 heterocycles. The number of piperidine rings is 1. The van der Waals surface area contributed by atoms with E-state index in [2.05, 4.69) is 20.2 Å². The van der Waals surface area contributed by atoms with Crippen LogP contribution in [0.1, 0.15) is 31.3 Å². The largest absolute Gasteiger partial charge is 0.466 e. The average molecular weight is 292 g/mol. The second-order valence-electron chi connectivity index (χ2n) is 5.39. The molecule has 0 aromatic carbocycles. The number of carbonyl (C=O) groups excluding carboxylic acids is 1. The highest BCUT2D eigenvalue weighted by Gasteiger charge is 2.27. The van der Waals surface area contributed by atoms with Crippen molar-refractivity contribution in [3.63, 3.8) is 0 Å². The Kier molecular flexibility index (Phi) is 5.50. The van der Waals surface area contributed by atoms with Gasteiger partial charge >= 0.3 is 5.97 Å². The number of likely N-dealkylation sites (tertiary alicyclic amines) is 1. The summed E-state index contributed by atoms with van der Waals surface area (Å²) in [5, 5.41) is 3.05. The third-order valence-electron chi connectivity index (χ3n) is 3.65. The summed E-state index contributed by atoms with van der Waals surface area (Å²) < 4.78 is 5.13. The smallest absolute Gasteiger partial charge is 0.310 e. The SMILES string of the molecule is CCOC(=O)C1CCCN(Cc2nc(C)cc(NC)n2)C1. The van der Waals surface area contributed by atoms with Gasteiger partial charge in [-0.15, -0.1) is 0 Å². The van der Waals surface area contributed by atoms with Gasteiger partial charge in [0.25, 0.3) is 0 Å². The molecule has 2 rings (SSSR count). The van der Waals surface area contributed by atoms with Crippen LogP contribution < -0.4 is 5.32 Å². The van der Waals surface area contributed by atoms with E-state index in [0.29, 0.717) is 13.2 Å². The van der Waals surface area contributed by atoms with E-state index in [-0.39, 0.29) is 11.9 Å². The van der Waals surface area contributed by atoms with Crippen molar-refractivity contribution in [2.24, 2.45) is 5.92 Å². The van der Waals surface area contributed by atoms with Crippen LogP contribution in [-0.4, -0.2) is 47.6 Å². The highest BCUT2D eigenvalue weighted by Crippen LogP contribution is 2.19. The Hall–Kier alpha value is -1.69. The van der Waals surface area contributed by atoms with Gasteiger partial charge in [0.15, 0.2) is 0 Å². The van der Waals surface area contributed by atoms with Crippen molar-refractivity contribution in [2.75, 3.05) is 32.1 Å². The van der Waals surface area contributed by atoms with Crippen molar-refractivity contribution in [2.45, 2.75) is 33.2 Å².